The summed E-state index contributed by atoms with van der Waals surface area (Å²) in [5, 5.41) is 0.383. The zero-order valence-electron chi connectivity index (χ0n) is 11.7. The second-order valence-corrected chi connectivity index (χ2v) is 7.37. The Balaban J connectivity index is 3.17. The standard InChI is InChI=1S/C13H21ClN2O2S/c1-9(2)10(3)16(4)19(17,18)12-6-5-11(8-15)13(14)7-12/h5-7,9-10H,8,15H2,1-4H3. The molecule has 0 aromatic heterocycles. The average molecular weight is 305 g/mol. The number of sulfonamides is 1. The lowest BCUT2D eigenvalue weighted by molar-refractivity contribution is 0.316. The molecule has 1 rings (SSSR count). The van der Waals surface area contributed by atoms with Gasteiger partial charge in [-0.15, -0.1) is 0 Å². The van der Waals surface area contributed by atoms with E-state index in [1.807, 2.05) is 20.8 Å². The number of rotatable bonds is 5. The van der Waals surface area contributed by atoms with Gasteiger partial charge in [0.2, 0.25) is 10.0 Å². The molecule has 0 radical (unpaired) electrons. The average Bonchev–Trinajstić information content (AvgIpc) is 2.36. The normalized spacial score (nSPS) is 14.1. The third kappa shape index (κ3) is 3.48. The van der Waals surface area contributed by atoms with Crippen molar-refractivity contribution < 1.29 is 8.42 Å². The van der Waals surface area contributed by atoms with Gasteiger partial charge < -0.3 is 5.73 Å². The molecule has 1 unspecified atom stereocenters. The Morgan fingerprint density at radius 1 is 1.32 bits per heavy atom. The summed E-state index contributed by atoms with van der Waals surface area (Å²) in [6.07, 6.45) is 0. The minimum absolute atomic E-state index is 0.0852. The van der Waals surface area contributed by atoms with E-state index in [0.29, 0.717) is 5.02 Å². The molecular formula is C13H21ClN2O2S. The molecular weight excluding hydrogens is 284 g/mol. The van der Waals surface area contributed by atoms with Crippen LogP contribution in [0.1, 0.15) is 26.3 Å². The van der Waals surface area contributed by atoms with Gasteiger partial charge in [-0.3, -0.25) is 0 Å². The molecule has 0 saturated heterocycles. The van der Waals surface area contributed by atoms with Gasteiger partial charge in [0.15, 0.2) is 0 Å². The smallest absolute Gasteiger partial charge is 0.243 e. The van der Waals surface area contributed by atoms with Crippen molar-refractivity contribution in [2.75, 3.05) is 7.05 Å². The molecule has 0 bridgehead atoms. The highest BCUT2D eigenvalue weighted by atomic mass is 35.5. The predicted molar refractivity (Wildman–Crippen MR) is 78.6 cm³/mol. The van der Waals surface area contributed by atoms with Crippen LogP contribution in [0.15, 0.2) is 23.1 Å². The van der Waals surface area contributed by atoms with Gasteiger partial charge in [0, 0.05) is 24.7 Å². The predicted octanol–water partition coefficient (Wildman–Crippen LogP) is 2.46. The maximum atomic E-state index is 12.5. The summed E-state index contributed by atoms with van der Waals surface area (Å²) in [6, 6.07) is 4.58. The maximum absolute atomic E-state index is 12.5. The molecule has 0 saturated carbocycles. The summed E-state index contributed by atoms with van der Waals surface area (Å²) in [5.41, 5.74) is 6.25. The zero-order chi connectivity index (χ0) is 14.8. The molecule has 1 atom stereocenters. The molecule has 6 heteroatoms. The minimum Gasteiger partial charge on any atom is -0.326 e. The molecule has 0 heterocycles. The van der Waals surface area contributed by atoms with Crippen LogP contribution < -0.4 is 5.73 Å². The number of hydrogen-bond donors (Lipinski definition) is 1. The van der Waals surface area contributed by atoms with E-state index in [1.165, 1.54) is 10.4 Å². The minimum atomic E-state index is -3.52. The van der Waals surface area contributed by atoms with Crippen molar-refractivity contribution in [1.82, 2.24) is 4.31 Å². The van der Waals surface area contributed by atoms with Crippen LogP contribution in [0.5, 0.6) is 0 Å². The van der Waals surface area contributed by atoms with Crippen LogP contribution in [0.25, 0.3) is 0 Å². The van der Waals surface area contributed by atoms with Gasteiger partial charge in [0.25, 0.3) is 0 Å². The fourth-order valence-corrected chi connectivity index (χ4v) is 3.50. The van der Waals surface area contributed by atoms with Crippen molar-refractivity contribution in [1.29, 1.82) is 0 Å². The Morgan fingerprint density at radius 2 is 1.89 bits per heavy atom. The molecule has 0 aliphatic heterocycles. The van der Waals surface area contributed by atoms with Gasteiger partial charge >= 0.3 is 0 Å². The summed E-state index contributed by atoms with van der Waals surface area (Å²) in [4.78, 5) is 0.199. The number of nitrogens with two attached hydrogens (primary N) is 1. The van der Waals surface area contributed by atoms with Crippen molar-refractivity contribution in [3.8, 4) is 0 Å². The third-order valence-corrected chi connectivity index (χ3v) is 5.75. The SMILES string of the molecule is CC(C)C(C)N(C)S(=O)(=O)c1ccc(CN)c(Cl)c1. The van der Waals surface area contributed by atoms with Gasteiger partial charge in [-0.25, -0.2) is 8.42 Å². The van der Waals surface area contributed by atoms with Crippen LogP contribution in [0, 0.1) is 5.92 Å². The summed E-state index contributed by atoms with van der Waals surface area (Å²) >= 11 is 6.02. The number of hydrogen-bond acceptors (Lipinski definition) is 3. The summed E-state index contributed by atoms with van der Waals surface area (Å²) in [6.45, 7) is 6.15. The largest absolute Gasteiger partial charge is 0.326 e. The quantitative estimate of drug-likeness (QED) is 0.909. The first-order valence-electron chi connectivity index (χ1n) is 6.18. The van der Waals surface area contributed by atoms with Crippen LogP contribution in [0.3, 0.4) is 0 Å². The highest BCUT2D eigenvalue weighted by Crippen LogP contribution is 2.24. The molecule has 0 aliphatic carbocycles. The van der Waals surface area contributed by atoms with E-state index in [9.17, 15) is 8.42 Å². The van der Waals surface area contributed by atoms with Crippen LogP contribution in [-0.4, -0.2) is 25.8 Å². The molecule has 1 aromatic rings. The molecule has 0 amide bonds. The number of benzene rings is 1. The first-order chi connectivity index (χ1) is 8.71. The second-order valence-electron chi connectivity index (χ2n) is 4.96. The van der Waals surface area contributed by atoms with Gasteiger partial charge in [0.05, 0.1) is 4.90 Å². The maximum Gasteiger partial charge on any atom is 0.243 e. The highest BCUT2D eigenvalue weighted by molar-refractivity contribution is 7.89. The Morgan fingerprint density at radius 3 is 2.32 bits per heavy atom. The van der Waals surface area contributed by atoms with Gasteiger partial charge in [0.1, 0.15) is 0 Å². The Bertz CT molecular complexity index is 544. The van der Waals surface area contributed by atoms with E-state index in [2.05, 4.69) is 0 Å². The molecule has 0 aliphatic rings. The molecule has 0 fully saturated rings. The van der Waals surface area contributed by atoms with Crippen LogP contribution in [0.2, 0.25) is 5.02 Å². The number of halogens is 1. The lowest BCUT2D eigenvalue weighted by atomic mass is 10.1. The van der Waals surface area contributed by atoms with E-state index in [-0.39, 0.29) is 23.4 Å². The molecule has 0 spiro atoms. The molecule has 4 nitrogen and oxygen atoms in total. The third-order valence-electron chi connectivity index (χ3n) is 3.46. The summed E-state index contributed by atoms with van der Waals surface area (Å²) in [7, 11) is -1.93. The first kappa shape index (κ1) is 16.4. The Labute approximate surface area is 120 Å². The second kappa shape index (κ2) is 6.22. The lowest BCUT2D eigenvalue weighted by Crippen LogP contribution is -2.38. The van der Waals surface area contributed by atoms with Crippen molar-refractivity contribution in [2.45, 2.75) is 38.3 Å². The van der Waals surface area contributed by atoms with E-state index in [0.717, 1.165) is 5.56 Å². The lowest BCUT2D eigenvalue weighted by Gasteiger charge is -2.27. The van der Waals surface area contributed by atoms with E-state index in [1.54, 1.807) is 19.2 Å². The van der Waals surface area contributed by atoms with E-state index in [4.69, 9.17) is 17.3 Å². The zero-order valence-corrected chi connectivity index (χ0v) is 13.3. The van der Waals surface area contributed by atoms with Crippen molar-refractivity contribution >= 4 is 21.6 Å². The Kier molecular flexibility index (Phi) is 5.38. The molecule has 19 heavy (non-hydrogen) atoms. The van der Waals surface area contributed by atoms with Gasteiger partial charge in [-0.05, 0) is 30.5 Å². The summed E-state index contributed by atoms with van der Waals surface area (Å²) in [5.74, 6) is 0.235. The highest BCUT2D eigenvalue weighted by Gasteiger charge is 2.27. The molecule has 1 aromatic carbocycles. The van der Waals surface area contributed by atoms with Gasteiger partial charge in [-0.2, -0.15) is 4.31 Å². The molecule has 108 valence electrons. The topological polar surface area (TPSA) is 63.4 Å². The Hall–Kier alpha value is -0.620. The van der Waals surface area contributed by atoms with Crippen LogP contribution >= 0.6 is 11.6 Å². The van der Waals surface area contributed by atoms with E-state index < -0.39 is 10.0 Å². The van der Waals surface area contributed by atoms with Crippen molar-refractivity contribution in [3.05, 3.63) is 28.8 Å². The van der Waals surface area contributed by atoms with Crippen molar-refractivity contribution in [3.63, 3.8) is 0 Å². The molecule has 2 N–H and O–H groups in total. The van der Waals surface area contributed by atoms with Crippen LogP contribution in [0.4, 0.5) is 0 Å². The van der Waals surface area contributed by atoms with Gasteiger partial charge in [-0.1, -0.05) is 31.5 Å². The fourth-order valence-electron chi connectivity index (χ4n) is 1.66. The van der Waals surface area contributed by atoms with E-state index >= 15 is 0 Å². The first-order valence-corrected chi connectivity index (χ1v) is 8.00. The number of nitrogens with zero attached hydrogens (tertiary/aromatic N) is 1. The summed E-state index contributed by atoms with van der Waals surface area (Å²) < 4.78 is 26.3. The van der Waals surface area contributed by atoms with Crippen LogP contribution in [-0.2, 0) is 16.6 Å². The fraction of sp³-hybridized carbons (Fsp3) is 0.538. The van der Waals surface area contributed by atoms with Crippen molar-refractivity contribution in [2.24, 2.45) is 11.7 Å². The monoisotopic (exact) mass is 304 g/mol.